The summed E-state index contributed by atoms with van der Waals surface area (Å²) in [4.78, 5) is 7.46. The Balaban J connectivity index is 1.14. The molecule has 4 aromatic rings. The third-order valence-electron chi connectivity index (χ3n) is 5.46. The van der Waals surface area contributed by atoms with Gasteiger partial charge < -0.3 is 24.3 Å². The fraction of sp³-hybridized carbons (Fsp3) is 0.321. The fourth-order valence-electron chi connectivity index (χ4n) is 3.55. The highest BCUT2D eigenvalue weighted by Gasteiger charge is 2.08. The van der Waals surface area contributed by atoms with Gasteiger partial charge >= 0.3 is 0 Å². The van der Waals surface area contributed by atoms with Crippen molar-refractivity contribution in [3.8, 4) is 16.3 Å². The number of thiazole rings is 1. The number of aromatic nitrogens is 1. The summed E-state index contributed by atoms with van der Waals surface area (Å²) in [6, 6.07) is 24.5. The predicted octanol–water partition coefficient (Wildman–Crippen LogP) is 6.31. The van der Waals surface area contributed by atoms with Crippen molar-refractivity contribution in [2.45, 2.75) is 6.61 Å². The van der Waals surface area contributed by atoms with Crippen molar-refractivity contribution in [3.63, 3.8) is 0 Å². The summed E-state index contributed by atoms with van der Waals surface area (Å²) >= 11 is 1.66. The molecular formula is C28H31N5O4S. The topological polar surface area (TPSA) is 111 Å². The summed E-state index contributed by atoms with van der Waals surface area (Å²) in [6.07, 6.45) is 0. The van der Waals surface area contributed by atoms with E-state index in [-0.39, 0.29) is 0 Å². The van der Waals surface area contributed by atoms with E-state index < -0.39 is 0 Å². The van der Waals surface area contributed by atoms with Crippen LogP contribution in [0, 0.1) is 0 Å². The molecule has 4 rings (SSSR count). The Morgan fingerprint density at radius 3 is 2.34 bits per heavy atom. The summed E-state index contributed by atoms with van der Waals surface area (Å²) in [7, 11) is 0. The van der Waals surface area contributed by atoms with Gasteiger partial charge in [0, 0.05) is 29.3 Å². The molecule has 38 heavy (non-hydrogen) atoms. The smallest absolute Gasteiger partial charge is 0.124 e. The Morgan fingerprint density at radius 1 is 0.842 bits per heavy atom. The molecule has 0 bridgehead atoms. The molecule has 0 saturated carbocycles. The predicted molar refractivity (Wildman–Crippen MR) is 151 cm³/mol. The van der Waals surface area contributed by atoms with E-state index in [2.05, 4.69) is 57.8 Å². The molecule has 0 unspecified atom stereocenters. The maximum Gasteiger partial charge on any atom is 0.124 e. The molecule has 10 heteroatoms. The van der Waals surface area contributed by atoms with Gasteiger partial charge in [-0.2, -0.15) is 0 Å². The SMILES string of the molecule is [N-]=[N+]=NCCOCCOCCOCCNc1ccc(-c2nc3ccc(OCc4ccccc4)cc3s2)cc1. The molecule has 0 spiro atoms. The Morgan fingerprint density at radius 2 is 1.58 bits per heavy atom. The average Bonchev–Trinajstić information content (AvgIpc) is 3.39. The Hall–Kier alpha value is -3.66. The normalized spacial score (nSPS) is 10.8. The van der Waals surface area contributed by atoms with Crippen LogP contribution >= 0.6 is 11.3 Å². The lowest BCUT2D eigenvalue weighted by molar-refractivity contribution is 0.0179. The van der Waals surface area contributed by atoms with Gasteiger partial charge in [0.05, 0.1) is 49.9 Å². The lowest BCUT2D eigenvalue weighted by Crippen LogP contribution is -2.14. The lowest BCUT2D eigenvalue weighted by atomic mass is 10.2. The zero-order valence-corrected chi connectivity index (χ0v) is 21.9. The molecule has 0 saturated heterocycles. The van der Waals surface area contributed by atoms with Gasteiger partial charge in [-0.15, -0.1) is 11.3 Å². The number of azide groups is 1. The minimum atomic E-state index is 0.337. The molecule has 0 atom stereocenters. The zero-order chi connectivity index (χ0) is 26.3. The number of nitrogens with one attached hydrogen (secondary N) is 1. The maximum absolute atomic E-state index is 8.17. The van der Waals surface area contributed by atoms with Crippen molar-refractivity contribution in [2.24, 2.45) is 5.11 Å². The van der Waals surface area contributed by atoms with Gasteiger partial charge in [-0.25, -0.2) is 4.98 Å². The van der Waals surface area contributed by atoms with Crippen LogP contribution in [0.2, 0.25) is 0 Å². The first-order valence-corrected chi connectivity index (χ1v) is 13.3. The minimum absolute atomic E-state index is 0.337. The van der Waals surface area contributed by atoms with Crippen molar-refractivity contribution < 1.29 is 18.9 Å². The van der Waals surface area contributed by atoms with Gasteiger partial charge in [0.1, 0.15) is 17.4 Å². The van der Waals surface area contributed by atoms with Gasteiger partial charge in [0.15, 0.2) is 0 Å². The Labute approximate surface area is 226 Å². The van der Waals surface area contributed by atoms with Crippen molar-refractivity contribution >= 4 is 27.2 Å². The van der Waals surface area contributed by atoms with E-state index >= 15 is 0 Å². The van der Waals surface area contributed by atoms with Crippen LogP contribution in [0.4, 0.5) is 5.69 Å². The molecule has 0 aliphatic heterocycles. The van der Waals surface area contributed by atoms with E-state index in [1.807, 2.05) is 30.3 Å². The van der Waals surface area contributed by atoms with Crippen LogP contribution in [0.1, 0.15) is 5.56 Å². The standard InChI is InChI=1S/C28H31N5O4S/c29-33-31-13-15-35-17-19-36-18-16-34-14-12-30-24-8-6-23(7-9-24)28-32-26-11-10-25(20-27(26)38-28)37-21-22-4-2-1-3-5-22/h1-11,20,30H,12-19,21H2. The van der Waals surface area contributed by atoms with E-state index in [1.54, 1.807) is 11.3 Å². The number of ether oxygens (including phenoxy) is 4. The second kappa shape index (κ2) is 15.6. The second-order valence-corrected chi connectivity index (χ2v) is 9.25. The van der Waals surface area contributed by atoms with E-state index in [9.17, 15) is 0 Å². The number of hydrogen-bond acceptors (Lipinski definition) is 8. The molecule has 1 aromatic heterocycles. The quantitative estimate of drug-likeness (QED) is 0.0736. The largest absolute Gasteiger partial charge is 0.489 e. The van der Waals surface area contributed by atoms with E-state index in [4.69, 9.17) is 29.5 Å². The van der Waals surface area contributed by atoms with Crippen molar-refractivity contribution in [1.82, 2.24) is 4.98 Å². The zero-order valence-electron chi connectivity index (χ0n) is 21.1. The first kappa shape index (κ1) is 27.4. The number of anilines is 1. The molecule has 0 radical (unpaired) electrons. The van der Waals surface area contributed by atoms with Crippen LogP contribution in [-0.2, 0) is 20.8 Å². The third-order valence-corrected chi connectivity index (χ3v) is 6.53. The van der Waals surface area contributed by atoms with Crippen LogP contribution in [0.5, 0.6) is 5.75 Å². The first-order chi connectivity index (χ1) is 18.8. The second-order valence-electron chi connectivity index (χ2n) is 8.22. The van der Waals surface area contributed by atoms with E-state index in [0.29, 0.717) is 59.3 Å². The molecule has 9 nitrogen and oxygen atoms in total. The van der Waals surface area contributed by atoms with Crippen LogP contribution < -0.4 is 10.1 Å². The summed E-state index contributed by atoms with van der Waals surface area (Å²) in [5.41, 5.74) is 12.4. The van der Waals surface area contributed by atoms with E-state index in [0.717, 1.165) is 37.8 Å². The summed E-state index contributed by atoms with van der Waals surface area (Å²) in [6.45, 7) is 4.57. The Kier molecular flexibility index (Phi) is 11.2. The number of nitrogens with zero attached hydrogens (tertiary/aromatic N) is 4. The molecule has 0 fully saturated rings. The fourth-order valence-corrected chi connectivity index (χ4v) is 4.55. The first-order valence-electron chi connectivity index (χ1n) is 12.5. The van der Waals surface area contributed by atoms with Crippen LogP contribution in [0.3, 0.4) is 0 Å². The summed E-state index contributed by atoms with van der Waals surface area (Å²) in [5, 5.41) is 7.74. The van der Waals surface area contributed by atoms with Gasteiger partial charge in [-0.05, 0) is 53.6 Å². The summed E-state index contributed by atoms with van der Waals surface area (Å²) < 4.78 is 23.4. The molecule has 3 aromatic carbocycles. The number of hydrogen-bond donors (Lipinski definition) is 1. The molecule has 1 N–H and O–H groups in total. The number of rotatable bonds is 17. The monoisotopic (exact) mass is 533 g/mol. The van der Waals surface area contributed by atoms with Gasteiger partial charge in [0.2, 0.25) is 0 Å². The minimum Gasteiger partial charge on any atom is -0.489 e. The van der Waals surface area contributed by atoms with E-state index in [1.165, 1.54) is 0 Å². The van der Waals surface area contributed by atoms with Crippen molar-refractivity contribution in [2.75, 3.05) is 58.0 Å². The average molecular weight is 534 g/mol. The maximum atomic E-state index is 8.17. The van der Waals surface area contributed by atoms with Crippen LogP contribution in [0.25, 0.3) is 31.2 Å². The number of benzene rings is 3. The summed E-state index contributed by atoms with van der Waals surface area (Å²) in [5.74, 6) is 0.845. The molecule has 0 amide bonds. The van der Waals surface area contributed by atoms with Gasteiger partial charge in [-0.3, -0.25) is 0 Å². The van der Waals surface area contributed by atoms with Gasteiger partial charge in [-0.1, -0.05) is 35.4 Å². The van der Waals surface area contributed by atoms with Crippen molar-refractivity contribution in [3.05, 3.63) is 88.8 Å². The van der Waals surface area contributed by atoms with Gasteiger partial charge in [0.25, 0.3) is 0 Å². The molecular weight excluding hydrogens is 502 g/mol. The lowest BCUT2D eigenvalue weighted by Gasteiger charge is -2.08. The highest BCUT2D eigenvalue weighted by atomic mass is 32.1. The highest BCUT2D eigenvalue weighted by molar-refractivity contribution is 7.21. The molecule has 0 aliphatic rings. The molecule has 1 heterocycles. The third kappa shape index (κ3) is 9.02. The molecule has 198 valence electrons. The number of fused-ring (bicyclic) bond motifs is 1. The van der Waals surface area contributed by atoms with Crippen molar-refractivity contribution in [1.29, 1.82) is 0 Å². The highest BCUT2D eigenvalue weighted by Crippen LogP contribution is 2.33. The van der Waals surface area contributed by atoms with Crippen LogP contribution in [-0.4, -0.2) is 57.7 Å². The molecule has 0 aliphatic carbocycles. The Bertz CT molecular complexity index is 1290. The van der Waals surface area contributed by atoms with Crippen LogP contribution in [0.15, 0.2) is 77.9 Å².